The Kier molecular flexibility index (Phi) is 5.64. The molecule has 4 nitrogen and oxygen atoms in total. The lowest BCUT2D eigenvalue weighted by Crippen LogP contribution is -2.24. The third-order valence-electron chi connectivity index (χ3n) is 4.22. The molecule has 0 aliphatic carbocycles. The monoisotopic (exact) mass is 345 g/mol. The minimum absolute atomic E-state index is 0.117. The molecule has 0 bridgehead atoms. The van der Waals surface area contributed by atoms with Crippen molar-refractivity contribution >= 4 is 11.6 Å². The van der Waals surface area contributed by atoms with Gasteiger partial charge in [0.2, 0.25) is 0 Å². The third-order valence-corrected chi connectivity index (χ3v) is 4.22. The molecule has 0 saturated heterocycles. The summed E-state index contributed by atoms with van der Waals surface area (Å²) in [6.45, 7) is 3.31. The zero-order valence-corrected chi connectivity index (χ0v) is 15.1. The molecule has 2 aromatic carbocycles. The summed E-state index contributed by atoms with van der Waals surface area (Å²) in [5.41, 5.74) is 4.96. The van der Waals surface area contributed by atoms with E-state index in [9.17, 15) is 4.79 Å². The quantitative estimate of drug-likeness (QED) is 0.735. The predicted molar refractivity (Wildman–Crippen MR) is 105 cm³/mol. The maximum absolute atomic E-state index is 12.5. The van der Waals surface area contributed by atoms with Crippen LogP contribution in [0.2, 0.25) is 0 Å². The van der Waals surface area contributed by atoms with Gasteiger partial charge in [-0.2, -0.15) is 0 Å². The lowest BCUT2D eigenvalue weighted by atomic mass is 10.1. The fraction of sp³-hybridized carbons (Fsp3) is 0.182. The molecule has 1 amide bonds. The molecule has 26 heavy (non-hydrogen) atoms. The first-order chi connectivity index (χ1) is 12.6. The molecule has 1 heterocycles. The maximum Gasteiger partial charge on any atom is 0.253 e. The van der Waals surface area contributed by atoms with Gasteiger partial charge in [-0.15, -0.1) is 0 Å². The van der Waals surface area contributed by atoms with Gasteiger partial charge in [0.05, 0.1) is 17.4 Å². The summed E-state index contributed by atoms with van der Waals surface area (Å²) in [4.78, 5) is 18.8. The number of nitrogens with one attached hydrogen (secondary N) is 1. The second-order valence-corrected chi connectivity index (χ2v) is 6.45. The Balaban J connectivity index is 1.65. The number of carbonyl (C=O) groups excluding carboxylic acids is 1. The first kappa shape index (κ1) is 17.7. The summed E-state index contributed by atoms with van der Waals surface area (Å²) in [6, 6.07) is 20.2. The van der Waals surface area contributed by atoms with Crippen molar-refractivity contribution in [1.82, 2.24) is 10.3 Å². The second kappa shape index (κ2) is 8.30. The first-order valence-electron chi connectivity index (χ1n) is 8.65. The molecule has 0 radical (unpaired) electrons. The number of benzene rings is 2. The number of nitrogens with zero attached hydrogens (tertiary/aromatic N) is 2. The van der Waals surface area contributed by atoms with Gasteiger partial charge in [-0.3, -0.25) is 9.78 Å². The molecular weight excluding hydrogens is 322 g/mol. The number of anilines is 1. The second-order valence-electron chi connectivity index (χ2n) is 6.45. The van der Waals surface area contributed by atoms with Crippen LogP contribution in [-0.2, 0) is 13.1 Å². The number of amides is 1. The molecule has 0 aliphatic rings. The highest BCUT2D eigenvalue weighted by Crippen LogP contribution is 2.16. The van der Waals surface area contributed by atoms with Crippen molar-refractivity contribution in [2.24, 2.45) is 0 Å². The molecule has 1 N–H and O–H groups in total. The van der Waals surface area contributed by atoms with Crippen molar-refractivity contribution in [3.05, 3.63) is 95.3 Å². The Hall–Kier alpha value is -3.14. The van der Waals surface area contributed by atoms with Crippen LogP contribution in [0, 0.1) is 6.92 Å². The number of hydrogen-bond donors (Lipinski definition) is 1. The Morgan fingerprint density at radius 3 is 2.54 bits per heavy atom. The van der Waals surface area contributed by atoms with E-state index in [2.05, 4.69) is 33.4 Å². The molecule has 3 rings (SSSR count). The summed E-state index contributed by atoms with van der Waals surface area (Å²) in [5.74, 6) is -0.117. The number of aromatic nitrogens is 1. The Labute approximate surface area is 154 Å². The van der Waals surface area contributed by atoms with E-state index in [0.29, 0.717) is 12.1 Å². The van der Waals surface area contributed by atoms with Crippen molar-refractivity contribution in [3.8, 4) is 0 Å². The van der Waals surface area contributed by atoms with Crippen LogP contribution < -0.4 is 10.2 Å². The van der Waals surface area contributed by atoms with Gasteiger partial charge in [0.15, 0.2) is 0 Å². The van der Waals surface area contributed by atoms with E-state index in [1.165, 1.54) is 11.1 Å². The molecule has 4 heteroatoms. The molecule has 0 saturated carbocycles. The highest BCUT2D eigenvalue weighted by atomic mass is 16.1. The van der Waals surface area contributed by atoms with Gasteiger partial charge < -0.3 is 10.2 Å². The van der Waals surface area contributed by atoms with Crippen molar-refractivity contribution < 1.29 is 4.79 Å². The van der Waals surface area contributed by atoms with E-state index in [1.54, 1.807) is 12.4 Å². The molecule has 132 valence electrons. The van der Waals surface area contributed by atoms with Crippen LogP contribution in [0.5, 0.6) is 0 Å². The maximum atomic E-state index is 12.5. The lowest BCUT2D eigenvalue weighted by Gasteiger charge is -2.19. The van der Waals surface area contributed by atoms with E-state index in [1.807, 2.05) is 56.4 Å². The van der Waals surface area contributed by atoms with Crippen LogP contribution >= 0.6 is 0 Å². The minimum atomic E-state index is -0.117. The Morgan fingerprint density at radius 2 is 1.77 bits per heavy atom. The van der Waals surface area contributed by atoms with Gasteiger partial charge in [0.1, 0.15) is 0 Å². The van der Waals surface area contributed by atoms with E-state index < -0.39 is 0 Å². The van der Waals surface area contributed by atoms with Gasteiger partial charge in [0.25, 0.3) is 5.91 Å². The largest absolute Gasteiger partial charge is 0.369 e. The molecule has 0 atom stereocenters. The zero-order valence-electron chi connectivity index (χ0n) is 15.1. The van der Waals surface area contributed by atoms with E-state index >= 15 is 0 Å². The summed E-state index contributed by atoms with van der Waals surface area (Å²) in [7, 11) is 2.00. The third kappa shape index (κ3) is 4.70. The average Bonchev–Trinajstić information content (AvgIpc) is 2.67. The topological polar surface area (TPSA) is 45.2 Å². The van der Waals surface area contributed by atoms with Crippen LogP contribution in [0.15, 0.2) is 73.1 Å². The van der Waals surface area contributed by atoms with Crippen molar-refractivity contribution in [2.45, 2.75) is 20.0 Å². The smallest absolute Gasteiger partial charge is 0.253 e. The molecule has 1 aromatic heterocycles. The van der Waals surface area contributed by atoms with Crippen LogP contribution in [0.3, 0.4) is 0 Å². The minimum Gasteiger partial charge on any atom is -0.369 e. The zero-order chi connectivity index (χ0) is 18.4. The van der Waals surface area contributed by atoms with Crippen LogP contribution in [0.25, 0.3) is 0 Å². The van der Waals surface area contributed by atoms with Crippen molar-refractivity contribution in [3.63, 3.8) is 0 Å². The summed E-state index contributed by atoms with van der Waals surface area (Å²) in [6.07, 6.45) is 3.38. The van der Waals surface area contributed by atoms with E-state index in [-0.39, 0.29) is 5.91 Å². The Morgan fingerprint density at radius 1 is 1.00 bits per heavy atom. The normalized spacial score (nSPS) is 10.4. The number of hydrogen-bond acceptors (Lipinski definition) is 3. The molecule has 0 spiro atoms. The summed E-state index contributed by atoms with van der Waals surface area (Å²) < 4.78 is 0. The van der Waals surface area contributed by atoms with Gasteiger partial charge in [-0.05, 0) is 24.1 Å². The van der Waals surface area contributed by atoms with Crippen LogP contribution in [0.4, 0.5) is 5.69 Å². The van der Waals surface area contributed by atoms with E-state index in [0.717, 1.165) is 17.8 Å². The van der Waals surface area contributed by atoms with Crippen LogP contribution in [0.1, 0.15) is 27.0 Å². The molecular formula is C22H23N3O. The SMILES string of the molecule is Cc1cccc(CNC(=O)c2cncc(N(C)Cc3ccccc3)c2)c1. The average molecular weight is 345 g/mol. The molecule has 0 unspecified atom stereocenters. The number of rotatable bonds is 6. The van der Waals surface area contributed by atoms with E-state index in [4.69, 9.17) is 0 Å². The number of carbonyl (C=O) groups is 1. The Bertz CT molecular complexity index is 877. The van der Waals surface area contributed by atoms with Gasteiger partial charge in [0, 0.05) is 26.3 Å². The molecule has 0 aliphatic heterocycles. The fourth-order valence-corrected chi connectivity index (χ4v) is 2.82. The van der Waals surface area contributed by atoms with Crippen LogP contribution in [-0.4, -0.2) is 17.9 Å². The lowest BCUT2D eigenvalue weighted by molar-refractivity contribution is 0.0950. The summed E-state index contributed by atoms with van der Waals surface area (Å²) >= 11 is 0. The fourth-order valence-electron chi connectivity index (χ4n) is 2.82. The predicted octanol–water partition coefficient (Wildman–Crippen LogP) is 3.96. The first-order valence-corrected chi connectivity index (χ1v) is 8.65. The number of pyridine rings is 1. The highest BCUT2D eigenvalue weighted by molar-refractivity contribution is 5.94. The highest BCUT2D eigenvalue weighted by Gasteiger charge is 2.09. The molecule has 3 aromatic rings. The summed E-state index contributed by atoms with van der Waals surface area (Å²) in [5, 5.41) is 2.96. The van der Waals surface area contributed by atoms with Gasteiger partial charge in [-0.25, -0.2) is 0 Å². The van der Waals surface area contributed by atoms with Crippen molar-refractivity contribution in [2.75, 3.05) is 11.9 Å². The number of aryl methyl sites for hydroxylation is 1. The standard InChI is InChI=1S/C22H23N3O/c1-17-7-6-10-19(11-17)13-24-22(26)20-12-21(15-23-14-20)25(2)16-18-8-4-3-5-9-18/h3-12,14-15H,13,16H2,1-2H3,(H,24,26). The molecule has 0 fully saturated rings. The van der Waals surface area contributed by atoms with Crippen molar-refractivity contribution in [1.29, 1.82) is 0 Å². The van der Waals surface area contributed by atoms with Gasteiger partial charge in [-0.1, -0.05) is 60.2 Å². The van der Waals surface area contributed by atoms with Gasteiger partial charge >= 0.3 is 0 Å².